The number of hydrogen-bond acceptors (Lipinski definition) is 6. The Bertz CT molecular complexity index is 1290. The molecule has 3 unspecified atom stereocenters. The van der Waals surface area contributed by atoms with Gasteiger partial charge in [-0.25, -0.2) is 8.78 Å². The Kier molecular flexibility index (Phi) is 7.73. The van der Waals surface area contributed by atoms with E-state index in [2.05, 4.69) is 23.2 Å². The highest BCUT2D eigenvalue weighted by Gasteiger charge is 2.69. The number of nitrogens with zero attached hydrogens (tertiary/aromatic N) is 3. The van der Waals surface area contributed by atoms with Crippen LogP contribution in [0.3, 0.4) is 0 Å². The Hall–Kier alpha value is -3.54. The molecule has 3 atom stereocenters. The second-order valence-electron chi connectivity index (χ2n) is 9.63. The van der Waals surface area contributed by atoms with Gasteiger partial charge in [-0.3, -0.25) is 9.88 Å². The summed E-state index contributed by atoms with van der Waals surface area (Å²) in [6.07, 6.45) is 4.54. The third-order valence-corrected chi connectivity index (χ3v) is 7.33. The molecule has 6 nitrogen and oxygen atoms in total. The molecular weight excluding hydrogens is 488 g/mol. The van der Waals surface area contributed by atoms with Crippen LogP contribution in [-0.2, 0) is 11.2 Å². The highest BCUT2D eigenvalue weighted by atomic mass is 19.3. The minimum absolute atomic E-state index is 0.0625. The maximum Gasteiger partial charge on any atom is 0.272 e. The fourth-order valence-corrected chi connectivity index (χ4v) is 5.85. The summed E-state index contributed by atoms with van der Waals surface area (Å²) in [5.41, 5.74) is 0.860. The lowest BCUT2D eigenvalue weighted by Gasteiger charge is -2.40. The molecule has 2 aromatic carbocycles. The smallest absolute Gasteiger partial charge is 0.272 e. The summed E-state index contributed by atoms with van der Waals surface area (Å²) in [7, 11) is 3.25. The van der Waals surface area contributed by atoms with Crippen molar-refractivity contribution in [1.82, 2.24) is 9.88 Å². The predicted octanol–water partition coefficient (Wildman–Crippen LogP) is 5.61. The fourth-order valence-electron chi connectivity index (χ4n) is 5.85. The Morgan fingerprint density at radius 2 is 1.74 bits per heavy atom. The molecule has 1 saturated heterocycles. The van der Waals surface area contributed by atoms with E-state index in [4.69, 9.17) is 9.47 Å². The van der Waals surface area contributed by atoms with Crippen molar-refractivity contribution >= 4 is 0 Å². The molecule has 1 N–H and O–H groups in total. The number of benzene rings is 2. The average molecular weight is 522 g/mol. The van der Waals surface area contributed by atoms with E-state index in [-0.39, 0.29) is 19.0 Å². The van der Waals surface area contributed by atoms with E-state index >= 15 is 0 Å². The second-order valence-corrected chi connectivity index (χ2v) is 9.63. The molecule has 1 aromatic heterocycles. The maximum atomic E-state index is 12.2. The molecule has 6 rings (SSSR count). The van der Waals surface area contributed by atoms with Crippen LogP contribution in [0.2, 0.25) is 0 Å². The van der Waals surface area contributed by atoms with Gasteiger partial charge < -0.3 is 14.6 Å². The zero-order chi connectivity index (χ0) is 27.6. The number of nitriles is 1. The van der Waals surface area contributed by atoms with E-state index in [1.807, 2.05) is 44.2 Å². The van der Waals surface area contributed by atoms with Gasteiger partial charge in [-0.05, 0) is 43.1 Å². The molecule has 1 aliphatic carbocycles. The first-order chi connectivity index (χ1) is 18.2. The summed E-state index contributed by atoms with van der Waals surface area (Å²) in [6, 6.07) is 19.6. The van der Waals surface area contributed by atoms with Gasteiger partial charge in [0.05, 0.1) is 49.8 Å². The van der Waals surface area contributed by atoms with E-state index in [9.17, 15) is 19.1 Å². The first-order valence-corrected chi connectivity index (χ1v) is 12.8. The minimum atomic E-state index is -2.38. The summed E-state index contributed by atoms with van der Waals surface area (Å²) in [5, 5.41) is 21.4. The lowest BCUT2D eigenvalue weighted by atomic mass is 9.71. The second kappa shape index (κ2) is 10.7. The molecule has 1 saturated carbocycles. The quantitative estimate of drug-likeness (QED) is 0.483. The molecule has 38 heavy (non-hydrogen) atoms. The molecule has 3 aliphatic rings. The first-order valence-electron chi connectivity index (χ1n) is 12.8. The van der Waals surface area contributed by atoms with E-state index < -0.39 is 17.1 Å². The van der Waals surface area contributed by atoms with Crippen LogP contribution in [0.5, 0.6) is 11.5 Å². The van der Waals surface area contributed by atoms with Crippen molar-refractivity contribution in [3.05, 3.63) is 89.2 Å². The number of halogens is 2. The average Bonchev–Trinajstić information content (AvgIpc) is 3.36. The van der Waals surface area contributed by atoms with Crippen molar-refractivity contribution < 1.29 is 23.4 Å². The predicted molar refractivity (Wildman–Crippen MR) is 140 cm³/mol. The maximum absolute atomic E-state index is 12.2. The van der Waals surface area contributed by atoms with Gasteiger partial charge >= 0.3 is 0 Å². The number of fused-ring (bicyclic) bond motifs is 3. The number of rotatable bonds is 3. The number of pyridine rings is 1. The molecule has 2 aliphatic heterocycles. The van der Waals surface area contributed by atoms with Crippen LogP contribution in [0, 0.1) is 11.3 Å². The van der Waals surface area contributed by atoms with Crippen LogP contribution in [0.25, 0.3) is 0 Å². The van der Waals surface area contributed by atoms with Crippen LogP contribution in [0.4, 0.5) is 8.78 Å². The molecule has 0 radical (unpaired) electrons. The molecule has 0 bridgehead atoms. The number of alkyl halides is 2. The van der Waals surface area contributed by atoms with Crippen LogP contribution in [-0.4, -0.2) is 48.2 Å². The summed E-state index contributed by atoms with van der Waals surface area (Å²) in [6.45, 7) is 3.88. The molecule has 2 fully saturated rings. The Labute approximate surface area is 222 Å². The number of ether oxygens (including phenoxy) is 2. The van der Waals surface area contributed by atoms with Crippen molar-refractivity contribution in [1.29, 1.82) is 5.26 Å². The van der Waals surface area contributed by atoms with Crippen LogP contribution in [0.15, 0.2) is 67.0 Å². The molecule has 200 valence electrons. The summed E-state index contributed by atoms with van der Waals surface area (Å²) >= 11 is 0. The van der Waals surface area contributed by atoms with Gasteiger partial charge in [0, 0.05) is 5.92 Å². The van der Waals surface area contributed by atoms with Crippen molar-refractivity contribution in [3.63, 3.8) is 0 Å². The molecule has 0 spiro atoms. The van der Waals surface area contributed by atoms with Crippen molar-refractivity contribution in [2.45, 2.75) is 49.7 Å². The topological polar surface area (TPSA) is 78.6 Å². The first kappa shape index (κ1) is 27.5. The number of aliphatic hydroxyl groups is 1. The number of methoxy groups -OCH3 is 1. The third-order valence-electron chi connectivity index (χ3n) is 7.33. The molecule has 3 heterocycles. The Balaban J connectivity index is 0.000000321. The van der Waals surface area contributed by atoms with Gasteiger partial charge in [-0.15, -0.1) is 0 Å². The minimum Gasteiger partial charge on any atom is -0.495 e. The fraction of sp³-hybridized carbons (Fsp3) is 0.400. The van der Waals surface area contributed by atoms with Crippen molar-refractivity contribution in [3.8, 4) is 17.6 Å². The zero-order valence-electron chi connectivity index (χ0n) is 22.1. The van der Waals surface area contributed by atoms with Gasteiger partial charge in [0.2, 0.25) is 0 Å². The monoisotopic (exact) mass is 521 g/mol. The van der Waals surface area contributed by atoms with Gasteiger partial charge in [0.1, 0.15) is 17.1 Å². The SMILES string of the molecule is CC.CN1CC(F)(F)C1.COc1cncc2c1C1(O)CCC(c3ccccc3)C1(c1ccc(C#N)cc1)O2. The largest absolute Gasteiger partial charge is 0.495 e. The van der Waals surface area contributed by atoms with Gasteiger partial charge in [0.25, 0.3) is 5.92 Å². The molecule has 0 amide bonds. The summed E-state index contributed by atoms with van der Waals surface area (Å²) < 4.78 is 35.7. The summed E-state index contributed by atoms with van der Waals surface area (Å²) in [4.78, 5) is 5.81. The highest BCUT2D eigenvalue weighted by molar-refractivity contribution is 5.57. The van der Waals surface area contributed by atoms with Crippen molar-refractivity contribution in [2.75, 3.05) is 27.2 Å². The van der Waals surface area contributed by atoms with Crippen LogP contribution < -0.4 is 9.47 Å². The van der Waals surface area contributed by atoms with E-state index in [0.29, 0.717) is 29.0 Å². The van der Waals surface area contributed by atoms with E-state index in [1.165, 1.54) is 0 Å². The van der Waals surface area contributed by atoms with E-state index in [0.717, 1.165) is 17.5 Å². The normalized spacial score (nSPS) is 26.1. The van der Waals surface area contributed by atoms with Gasteiger partial charge in [0.15, 0.2) is 5.60 Å². The van der Waals surface area contributed by atoms with Crippen LogP contribution in [0.1, 0.15) is 54.9 Å². The van der Waals surface area contributed by atoms with Crippen LogP contribution >= 0.6 is 0 Å². The standard InChI is InChI=1S/C24H20N2O3.C4H7F2N.C2H6/c1-28-20-14-26-15-21-22(20)23(27)12-11-19(17-5-3-2-4-6-17)24(23,29-21)18-9-7-16(13-25)8-10-18;1-7-2-4(5,6)3-7;1-2/h2-10,14-15,19,27H,11-12H2,1H3;2-3H2,1H3;1-2H3. The highest BCUT2D eigenvalue weighted by Crippen LogP contribution is 2.67. The Morgan fingerprint density at radius 3 is 2.26 bits per heavy atom. The molecular formula is C30H33F2N3O3. The number of hydrogen-bond donors (Lipinski definition) is 1. The molecule has 8 heteroatoms. The lowest BCUT2D eigenvalue weighted by Crippen LogP contribution is -2.53. The Morgan fingerprint density at radius 1 is 1.08 bits per heavy atom. The number of likely N-dealkylation sites (tertiary alicyclic amines) is 1. The number of aromatic nitrogens is 1. The van der Waals surface area contributed by atoms with Crippen molar-refractivity contribution in [2.24, 2.45) is 0 Å². The lowest BCUT2D eigenvalue weighted by molar-refractivity contribution is -0.119. The van der Waals surface area contributed by atoms with Gasteiger partial charge in [-0.2, -0.15) is 5.26 Å². The third kappa shape index (κ3) is 4.50. The zero-order valence-corrected chi connectivity index (χ0v) is 22.1. The van der Waals surface area contributed by atoms with E-state index in [1.54, 1.807) is 43.6 Å². The molecule has 3 aromatic rings. The van der Waals surface area contributed by atoms with Gasteiger partial charge in [-0.1, -0.05) is 56.3 Å². The summed E-state index contributed by atoms with van der Waals surface area (Å²) in [5.74, 6) is -1.39.